The van der Waals surface area contributed by atoms with Gasteiger partial charge in [0.2, 0.25) is 0 Å². The van der Waals surface area contributed by atoms with E-state index in [1.165, 1.54) is 21.5 Å². The lowest BCUT2D eigenvalue weighted by Gasteiger charge is -2.24. The monoisotopic (exact) mass is 832 g/mol. The summed E-state index contributed by atoms with van der Waals surface area (Å²) in [4.78, 5) is 10.8. The maximum Gasteiger partial charge on any atom is 0.159 e. The number of fused-ring (bicyclic) bond motifs is 11. The topological polar surface area (TPSA) is 68.0 Å². The second kappa shape index (κ2) is 13.9. The molecular weight excluding hydrogens is 797 g/mol. The van der Waals surface area contributed by atoms with Crippen molar-refractivity contribution in [3.63, 3.8) is 0 Å². The molecule has 0 saturated carbocycles. The van der Waals surface area contributed by atoms with E-state index in [1.807, 2.05) is 24.3 Å². The summed E-state index contributed by atoms with van der Waals surface area (Å²) in [6, 6.07) is 72.8. The maximum absolute atomic E-state index is 6.70. The number of furan rings is 2. The van der Waals surface area contributed by atoms with Gasteiger partial charge in [-0.2, -0.15) is 0 Å². The zero-order valence-corrected chi connectivity index (χ0v) is 34.9. The molecule has 3 aromatic heterocycles. The average Bonchev–Trinajstić information content (AvgIpc) is 4.04. The highest BCUT2D eigenvalue weighted by molar-refractivity contribution is 6.24. The molecule has 6 nitrogen and oxygen atoms in total. The van der Waals surface area contributed by atoms with Crippen LogP contribution in [0.2, 0.25) is 0 Å². The predicted molar refractivity (Wildman–Crippen MR) is 268 cm³/mol. The number of hydrogen-bond acceptors (Lipinski definition) is 5. The zero-order chi connectivity index (χ0) is 42.6. The van der Waals surface area contributed by atoms with E-state index in [4.69, 9.17) is 18.8 Å². The van der Waals surface area contributed by atoms with Crippen molar-refractivity contribution in [1.29, 1.82) is 0 Å². The number of aliphatic imine (C=N–C) groups is 2. The molecule has 6 heteroatoms. The molecule has 1 unspecified atom stereocenters. The summed E-state index contributed by atoms with van der Waals surface area (Å²) in [7, 11) is 0. The SMILES string of the molecule is c1ccc(C2N=C(c3ccc(-n4c5ccccc5c5cc6ccccc6cc54)c(-c4c5ccccc5cc5oc6ccccc6c45)c3)N=C(c3cccc4c3oc3ccccc34)N2)cc1. The Hall–Kier alpha value is -8.74. The van der Waals surface area contributed by atoms with Crippen molar-refractivity contribution in [2.75, 3.05) is 0 Å². The van der Waals surface area contributed by atoms with Gasteiger partial charge in [-0.1, -0.05) is 146 Å². The second-order valence-corrected chi connectivity index (χ2v) is 16.9. The summed E-state index contributed by atoms with van der Waals surface area (Å²) >= 11 is 0. The molecule has 1 atom stereocenters. The van der Waals surface area contributed by atoms with Gasteiger partial charge in [0.1, 0.15) is 34.3 Å². The Morgan fingerprint density at radius 2 is 1.12 bits per heavy atom. The summed E-state index contributed by atoms with van der Waals surface area (Å²) in [6.07, 6.45) is -0.408. The Labute approximate surface area is 372 Å². The van der Waals surface area contributed by atoms with E-state index in [2.05, 4.69) is 192 Å². The van der Waals surface area contributed by atoms with E-state index in [9.17, 15) is 0 Å². The first-order valence-corrected chi connectivity index (χ1v) is 22.0. The van der Waals surface area contributed by atoms with E-state index < -0.39 is 6.17 Å². The zero-order valence-electron chi connectivity index (χ0n) is 34.9. The summed E-state index contributed by atoms with van der Waals surface area (Å²) in [6.45, 7) is 0. The number of benzene rings is 10. The number of hydrogen-bond donors (Lipinski definition) is 1. The molecule has 14 rings (SSSR count). The fourth-order valence-electron chi connectivity index (χ4n) is 10.3. The van der Waals surface area contributed by atoms with Crippen molar-refractivity contribution >= 4 is 98.9 Å². The van der Waals surface area contributed by atoms with Crippen LogP contribution in [0.4, 0.5) is 0 Å². The maximum atomic E-state index is 6.70. The molecule has 0 fully saturated rings. The third-order valence-electron chi connectivity index (χ3n) is 13.2. The molecule has 1 aliphatic rings. The van der Waals surface area contributed by atoms with Crippen LogP contribution in [0.25, 0.3) is 104 Å². The van der Waals surface area contributed by atoms with Crippen molar-refractivity contribution in [3.05, 3.63) is 223 Å². The smallest absolute Gasteiger partial charge is 0.159 e. The average molecular weight is 833 g/mol. The van der Waals surface area contributed by atoms with E-state index in [0.717, 1.165) is 99.2 Å². The lowest BCUT2D eigenvalue weighted by molar-refractivity contribution is 0.659. The molecule has 65 heavy (non-hydrogen) atoms. The van der Waals surface area contributed by atoms with Gasteiger partial charge < -0.3 is 18.7 Å². The molecule has 0 aliphatic carbocycles. The van der Waals surface area contributed by atoms with Crippen molar-refractivity contribution in [3.8, 4) is 16.8 Å². The van der Waals surface area contributed by atoms with Crippen molar-refractivity contribution < 1.29 is 8.83 Å². The van der Waals surface area contributed by atoms with Crippen LogP contribution in [0.15, 0.2) is 225 Å². The van der Waals surface area contributed by atoms with Gasteiger partial charge in [0.05, 0.1) is 22.3 Å². The number of amidine groups is 2. The minimum atomic E-state index is -0.408. The van der Waals surface area contributed by atoms with Crippen molar-refractivity contribution in [1.82, 2.24) is 9.88 Å². The van der Waals surface area contributed by atoms with E-state index in [-0.39, 0.29) is 0 Å². The summed E-state index contributed by atoms with van der Waals surface area (Å²) in [5, 5.41) is 15.0. The van der Waals surface area contributed by atoms with E-state index in [0.29, 0.717) is 11.7 Å². The molecule has 10 aromatic carbocycles. The summed E-state index contributed by atoms with van der Waals surface area (Å²) in [5.41, 5.74) is 11.6. The molecule has 0 spiro atoms. The van der Waals surface area contributed by atoms with Gasteiger partial charge in [0.15, 0.2) is 5.84 Å². The highest BCUT2D eigenvalue weighted by Gasteiger charge is 2.27. The number of aromatic nitrogens is 1. The standard InChI is InChI=1S/C59H36N4O2/c1-2-15-35(16-3-1)57-60-58(62-59(61-57)45-25-14-24-43-42-22-9-12-27-51(42)65-56(43)45)39-29-30-49(63-48-26-11-8-21-41(48)46-31-36-17-4-5-18-37(36)33-50(46)63)47(32-39)54-40-20-7-6-19-38(40)34-53-55(54)44-23-10-13-28-52(44)64-53/h1-34,57H,(H,60,61,62). The Morgan fingerprint density at radius 1 is 0.446 bits per heavy atom. The van der Waals surface area contributed by atoms with Gasteiger partial charge in [-0.15, -0.1) is 0 Å². The number of nitrogens with zero attached hydrogens (tertiary/aromatic N) is 3. The first-order valence-electron chi connectivity index (χ1n) is 22.0. The molecule has 1 aliphatic heterocycles. The second-order valence-electron chi connectivity index (χ2n) is 16.9. The predicted octanol–water partition coefficient (Wildman–Crippen LogP) is 15.1. The van der Waals surface area contributed by atoms with Crippen LogP contribution in [0, 0.1) is 0 Å². The fourth-order valence-corrected chi connectivity index (χ4v) is 10.3. The Bertz CT molecular complexity index is 4170. The molecule has 4 heterocycles. The van der Waals surface area contributed by atoms with Gasteiger partial charge >= 0.3 is 0 Å². The van der Waals surface area contributed by atoms with Crippen LogP contribution in [-0.2, 0) is 0 Å². The number of para-hydroxylation sites is 4. The molecule has 304 valence electrons. The Morgan fingerprint density at radius 3 is 1.97 bits per heavy atom. The molecule has 1 N–H and O–H groups in total. The minimum Gasteiger partial charge on any atom is -0.456 e. The number of nitrogens with one attached hydrogen (secondary N) is 1. The highest BCUT2D eigenvalue weighted by atomic mass is 16.3. The van der Waals surface area contributed by atoms with Crippen LogP contribution in [-0.4, -0.2) is 16.2 Å². The third-order valence-corrected chi connectivity index (χ3v) is 13.2. The fraction of sp³-hybridized carbons (Fsp3) is 0.0169. The van der Waals surface area contributed by atoms with E-state index in [1.54, 1.807) is 0 Å². The lowest BCUT2D eigenvalue weighted by Crippen LogP contribution is -2.33. The van der Waals surface area contributed by atoms with Crippen LogP contribution in [0.3, 0.4) is 0 Å². The third kappa shape index (κ3) is 5.47. The first kappa shape index (κ1) is 35.8. The van der Waals surface area contributed by atoms with Gasteiger partial charge in [-0.05, 0) is 87.8 Å². The van der Waals surface area contributed by atoms with Crippen molar-refractivity contribution in [2.24, 2.45) is 9.98 Å². The van der Waals surface area contributed by atoms with Gasteiger partial charge in [-0.3, -0.25) is 0 Å². The van der Waals surface area contributed by atoms with Crippen molar-refractivity contribution in [2.45, 2.75) is 6.17 Å². The van der Waals surface area contributed by atoms with Gasteiger partial charge in [-0.25, -0.2) is 9.98 Å². The highest BCUT2D eigenvalue weighted by Crippen LogP contribution is 2.46. The van der Waals surface area contributed by atoms with Crippen LogP contribution in [0.5, 0.6) is 0 Å². The van der Waals surface area contributed by atoms with E-state index >= 15 is 0 Å². The van der Waals surface area contributed by atoms with Crippen LogP contribution in [0.1, 0.15) is 22.9 Å². The quantitative estimate of drug-likeness (QED) is 0.188. The lowest BCUT2D eigenvalue weighted by atomic mass is 9.91. The Balaban J connectivity index is 1.09. The summed E-state index contributed by atoms with van der Waals surface area (Å²) < 4.78 is 15.7. The van der Waals surface area contributed by atoms with Gasteiger partial charge in [0, 0.05) is 49.0 Å². The molecule has 0 radical (unpaired) electrons. The van der Waals surface area contributed by atoms with Crippen LogP contribution < -0.4 is 5.32 Å². The normalized spacial score (nSPS) is 14.3. The summed E-state index contributed by atoms with van der Waals surface area (Å²) in [5.74, 6) is 1.32. The molecular formula is C59H36N4O2. The molecule has 0 amide bonds. The minimum absolute atomic E-state index is 0.408. The number of rotatable bonds is 5. The Kier molecular flexibility index (Phi) is 7.65. The van der Waals surface area contributed by atoms with Crippen LogP contribution >= 0.6 is 0 Å². The van der Waals surface area contributed by atoms with Gasteiger partial charge in [0.25, 0.3) is 0 Å². The molecule has 0 saturated heterocycles. The largest absolute Gasteiger partial charge is 0.456 e. The molecule has 13 aromatic rings. The first-order chi connectivity index (χ1) is 32.2. The molecule has 0 bridgehead atoms.